The summed E-state index contributed by atoms with van der Waals surface area (Å²) in [6, 6.07) is 0. The fraction of sp³-hybridized carbons (Fsp3) is 0.200. The van der Waals surface area contributed by atoms with Crippen molar-refractivity contribution in [2.24, 2.45) is 0 Å². The highest BCUT2D eigenvalue weighted by molar-refractivity contribution is 6.43. The average Bonchev–Trinajstić information content (AvgIpc) is 1.65. The third-order valence-corrected chi connectivity index (χ3v) is 1.26. The molecule has 2 heteroatoms. The lowest BCUT2D eigenvalue weighted by atomic mass is 10.5. The summed E-state index contributed by atoms with van der Waals surface area (Å²) < 4.78 is 0. The highest BCUT2D eigenvalue weighted by atomic mass is 35.5. The summed E-state index contributed by atoms with van der Waals surface area (Å²) in [4.78, 5) is 0. The van der Waals surface area contributed by atoms with Crippen molar-refractivity contribution in [3.63, 3.8) is 0 Å². The molecule has 0 saturated heterocycles. The predicted octanol–water partition coefficient (Wildman–Crippen LogP) is 2.88. The van der Waals surface area contributed by atoms with Gasteiger partial charge in [0, 0.05) is 0 Å². The molecule has 0 heterocycles. The maximum Gasteiger partial charge on any atom is 0.0543 e. The Morgan fingerprint density at radius 3 is 2.00 bits per heavy atom. The van der Waals surface area contributed by atoms with Gasteiger partial charge in [-0.1, -0.05) is 35.9 Å². The SMILES string of the molecule is C=C(Cl)/C(Cl)=C\C. The van der Waals surface area contributed by atoms with Crippen LogP contribution in [0.3, 0.4) is 0 Å². The standard InChI is InChI=1S/C5H6Cl2/c1-3-5(7)4(2)6/h3H,2H2,1H3/b5-3+. The van der Waals surface area contributed by atoms with E-state index in [0.29, 0.717) is 10.1 Å². The van der Waals surface area contributed by atoms with Crippen LogP contribution in [-0.4, -0.2) is 0 Å². The van der Waals surface area contributed by atoms with Gasteiger partial charge in [-0.15, -0.1) is 0 Å². The number of hydrogen-bond donors (Lipinski definition) is 0. The second kappa shape index (κ2) is 3.11. The van der Waals surface area contributed by atoms with Crippen molar-refractivity contribution >= 4 is 23.2 Å². The minimum atomic E-state index is 0.393. The molecule has 40 valence electrons. The molecule has 0 aromatic carbocycles. The summed E-state index contributed by atoms with van der Waals surface area (Å²) in [7, 11) is 0. The molecular weight excluding hydrogens is 131 g/mol. The van der Waals surface area contributed by atoms with E-state index >= 15 is 0 Å². The lowest BCUT2D eigenvalue weighted by molar-refractivity contribution is 1.69. The van der Waals surface area contributed by atoms with Gasteiger partial charge < -0.3 is 0 Å². The zero-order chi connectivity index (χ0) is 5.86. The smallest absolute Gasteiger partial charge is 0.0543 e. The van der Waals surface area contributed by atoms with Crippen LogP contribution in [0.2, 0.25) is 0 Å². The van der Waals surface area contributed by atoms with E-state index in [1.54, 1.807) is 13.0 Å². The van der Waals surface area contributed by atoms with Crippen LogP contribution in [0.25, 0.3) is 0 Å². The van der Waals surface area contributed by atoms with E-state index in [1.807, 2.05) is 0 Å². The number of halogens is 2. The summed E-state index contributed by atoms with van der Waals surface area (Å²) in [5.41, 5.74) is 0. The van der Waals surface area contributed by atoms with Crippen molar-refractivity contribution in [2.45, 2.75) is 6.92 Å². The van der Waals surface area contributed by atoms with Gasteiger partial charge in [-0.3, -0.25) is 0 Å². The molecule has 0 aliphatic heterocycles. The molecule has 0 aliphatic carbocycles. The molecule has 0 unspecified atom stereocenters. The minimum Gasteiger partial charge on any atom is -0.0834 e. The zero-order valence-electron chi connectivity index (χ0n) is 4.04. The first-order chi connectivity index (χ1) is 3.18. The van der Waals surface area contributed by atoms with Crippen molar-refractivity contribution in [1.82, 2.24) is 0 Å². The Hall–Kier alpha value is 0.0600. The highest BCUT2D eigenvalue weighted by Gasteiger charge is 1.87. The van der Waals surface area contributed by atoms with Crippen molar-refractivity contribution in [3.05, 3.63) is 22.7 Å². The van der Waals surface area contributed by atoms with Crippen LogP contribution in [-0.2, 0) is 0 Å². The number of rotatable bonds is 1. The molecule has 0 bridgehead atoms. The van der Waals surface area contributed by atoms with E-state index in [9.17, 15) is 0 Å². The van der Waals surface area contributed by atoms with Crippen LogP contribution in [0.5, 0.6) is 0 Å². The molecule has 0 spiro atoms. The molecule has 0 fully saturated rings. The highest BCUT2D eigenvalue weighted by Crippen LogP contribution is 2.14. The molecule has 0 aliphatic rings. The quantitative estimate of drug-likeness (QED) is 0.487. The molecule has 7 heavy (non-hydrogen) atoms. The van der Waals surface area contributed by atoms with Gasteiger partial charge in [0.25, 0.3) is 0 Å². The summed E-state index contributed by atoms with van der Waals surface area (Å²) in [6.45, 7) is 5.19. The van der Waals surface area contributed by atoms with Gasteiger partial charge in [-0.2, -0.15) is 0 Å². The summed E-state index contributed by atoms with van der Waals surface area (Å²) in [5.74, 6) is 0. The lowest BCUT2D eigenvalue weighted by Crippen LogP contribution is -1.62. The van der Waals surface area contributed by atoms with Crippen LogP contribution in [0, 0.1) is 0 Å². The van der Waals surface area contributed by atoms with Gasteiger partial charge in [-0.05, 0) is 6.92 Å². The van der Waals surface area contributed by atoms with E-state index < -0.39 is 0 Å². The van der Waals surface area contributed by atoms with Gasteiger partial charge in [-0.25, -0.2) is 0 Å². The van der Waals surface area contributed by atoms with Crippen molar-refractivity contribution in [1.29, 1.82) is 0 Å². The maximum atomic E-state index is 5.43. The lowest BCUT2D eigenvalue weighted by Gasteiger charge is -1.85. The van der Waals surface area contributed by atoms with Crippen molar-refractivity contribution < 1.29 is 0 Å². The minimum absolute atomic E-state index is 0.393. The summed E-state index contributed by atoms with van der Waals surface area (Å²) >= 11 is 10.8. The number of allylic oxidation sites excluding steroid dienone is 3. The second-order valence-electron chi connectivity index (χ2n) is 1.04. The Balaban J connectivity index is 3.82. The first-order valence-electron chi connectivity index (χ1n) is 1.85. The summed E-state index contributed by atoms with van der Waals surface area (Å²) in [6.07, 6.45) is 1.69. The molecule has 0 saturated carbocycles. The Kier molecular flexibility index (Phi) is 3.14. The molecular formula is C5H6Cl2. The Labute approximate surface area is 53.4 Å². The van der Waals surface area contributed by atoms with Gasteiger partial charge in [0.1, 0.15) is 0 Å². The summed E-state index contributed by atoms with van der Waals surface area (Å²) in [5, 5.41) is 0.908. The van der Waals surface area contributed by atoms with E-state index in [4.69, 9.17) is 23.2 Å². The van der Waals surface area contributed by atoms with Crippen LogP contribution in [0.4, 0.5) is 0 Å². The second-order valence-corrected chi connectivity index (χ2v) is 1.90. The third kappa shape index (κ3) is 2.72. The van der Waals surface area contributed by atoms with E-state index in [1.165, 1.54) is 0 Å². The molecule has 0 radical (unpaired) electrons. The molecule has 0 aromatic heterocycles. The van der Waals surface area contributed by atoms with Gasteiger partial charge in [0.15, 0.2) is 0 Å². The van der Waals surface area contributed by atoms with Crippen LogP contribution in [0.15, 0.2) is 22.7 Å². The van der Waals surface area contributed by atoms with Gasteiger partial charge >= 0.3 is 0 Å². The normalized spacial score (nSPS) is 11.6. The van der Waals surface area contributed by atoms with Gasteiger partial charge in [0.2, 0.25) is 0 Å². The average molecular weight is 137 g/mol. The predicted molar refractivity (Wildman–Crippen MR) is 34.6 cm³/mol. The monoisotopic (exact) mass is 136 g/mol. The van der Waals surface area contributed by atoms with Crippen LogP contribution >= 0.6 is 23.2 Å². The fourth-order valence-corrected chi connectivity index (χ4v) is 0.266. The Morgan fingerprint density at radius 2 is 2.00 bits per heavy atom. The van der Waals surface area contributed by atoms with Crippen LogP contribution in [0.1, 0.15) is 6.92 Å². The molecule has 0 aromatic rings. The molecule has 0 atom stereocenters. The van der Waals surface area contributed by atoms with E-state index in [0.717, 1.165) is 0 Å². The van der Waals surface area contributed by atoms with E-state index in [-0.39, 0.29) is 0 Å². The fourth-order valence-electron chi connectivity index (χ4n) is 0.157. The van der Waals surface area contributed by atoms with Crippen molar-refractivity contribution in [3.8, 4) is 0 Å². The Bertz CT molecular complexity index is 103. The zero-order valence-corrected chi connectivity index (χ0v) is 5.55. The first kappa shape index (κ1) is 7.06. The first-order valence-corrected chi connectivity index (χ1v) is 2.60. The van der Waals surface area contributed by atoms with E-state index in [2.05, 4.69) is 6.58 Å². The van der Waals surface area contributed by atoms with Gasteiger partial charge in [0.05, 0.1) is 10.1 Å². The Morgan fingerprint density at radius 1 is 1.57 bits per heavy atom. The van der Waals surface area contributed by atoms with Crippen molar-refractivity contribution in [2.75, 3.05) is 0 Å². The van der Waals surface area contributed by atoms with Crippen LogP contribution < -0.4 is 0 Å². The maximum absolute atomic E-state index is 5.43. The molecule has 0 amide bonds. The topological polar surface area (TPSA) is 0 Å². The third-order valence-electron chi connectivity index (χ3n) is 0.513. The largest absolute Gasteiger partial charge is 0.0834 e. The number of hydrogen-bond acceptors (Lipinski definition) is 0. The molecule has 0 rings (SSSR count). The molecule has 0 N–H and O–H groups in total. The molecule has 0 nitrogen and oxygen atoms in total.